The zero-order chi connectivity index (χ0) is 16.5. The molecule has 0 saturated heterocycles. The molecule has 1 aromatic heterocycles. The second kappa shape index (κ2) is 5.78. The third-order valence-electron chi connectivity index (χ3n) is 3.04. The third-order valence-corrected chi connectivity index (χ3v) is 3.04. The summed E-state index contributed by atoms with van der Waals surface area (Å²) in [5, 5.41) is 3.28. The number of hydrogen-bond acceptors (Lipinski definition) is 2. The number of rotatable bonds is 3. The lowest BCUT2D eigenvalue weighted by Crippen LogP contribution is -2.28. The maximum Gasteiger partial charge on any atom is 0.435 e. The van der Waals surface area contributed by atoms with Crippen LogP contribution in [0.3, 0.4) is 0 Å². The van der Waals surface area contributed by atoms with Crippen LogP contribution in [-0.4, -0.2) is 27.6 Å². The molecule has 0 saturated carbocycles. The topological polar surface area (TPSA) is 38.1 Å². The number of carbonyl (C=O) groups excluding carboxylic acids is 1. The predicted molar refractivity (Wildman–Crippen MR) is 70.4 cm³/mol. The molecule has 1 aromatic carbocycles. The van der Waals surface area contributed by atoms with Gasteiger partial charge >= 0.3 is 6.18 Å². The van der Waals surface area contributed by atoms with Crippen LogP contribution in [0.4, 0.5) is 17.6 Å². The molecule has 0 unspecified atom stereocenters. The Hall–Kier alpha value is -2.38. The highest BCUT2D eigenvalue weighted by Crippen LogP contribution is 2.31. The van der Waals surface area contributed by atoms with Crippen LogP contribution < -0.4 is 0 Å². The summed E-state index contributed by atoms with van der Waals surface area (Å²) in [4.78, 5) is 13.2. The first-order chi connectivity index (χ1) is 10.2. The first kappa shape index (κ1) is 16.0. The average molecular weight is 315 g/mol. The van der Waals surface area contributed by atoms with Gasteiger partial charge in [-0.3, -0.25) is 9.48 Å². The number of carbonyl (C=O) groups is 1. The molecular weight excluding hydrogens is 302 g/mol. The lowest BCUT2D eigenvalue weighted by Gasteiger charge is -2.18. The number of amides is 1. The Morgan fingerprint density at radius 2 is 1.95 bits per heavy atom. The fraction of sp³-hybridized carbons (Fsp3) is 0.286. The molecule has 0 aliphatic rings. The third kappa shape index (κ3) is 3.26. The highest BCUT2D eigenvalue weighted by molar-refractivity contribution is 5.95. The molecule has 1 amide bonds. The van der Waals surface area contributed by atoms with E-state index < -0.39 is 29.2 Å². The fourth-order valence-corrected chi connectivity index (χ4v) is 2.01. The van der Waals surface area contributed by atoms with Gasteiger partial charge < -0.3 is 4.90 Å². The summed E-state index contributed by atoms with van der Waals surface area (Å²) >= 11 is 0. The van der Waals surface area contributed by atoms with E-state index in [2.05, 4.69) is 5.10 Å². The van der Waals surface area contributed by atoms with Crippen LogP contribution in [0, 0.1) is 5.82 Å². The van der Waals surface area contributed by atoms with E-state index in [1.54, 1.807) is 6.07 Å². The molecule has 0 N–H and O–H groups in total. The Bertz CT molecular complexity index is 694. The van der Waals surface area contributed by atoms with E-state index in [0.717, 1.165) is 15.8 Å². The minimum atomic E-state index is -4.73. The highest BCUT2D eigenvalue weighted by Gasteiger charge is 2.39. The number of benzene rings is 1. The van der Waals surface area contributed by atoms with Gasteiger partial charge in [-0.05, 0) is 6.07 Å². The quantitative estimate of drug-likeness (QED) is 0.817. The number of halogens is 4. The van der Waals surface area contributed by atoms with Crippen LogP contribution in [0.25, 0.3) is 0 Å². The Kier molecular flexibility index (Phi) is 4.20. The van der Waals surface area contributed by atoms with Crippen molar-refractivity contribution in [2.45, 2.75) is 12.7 Å². The van der Waals surface area contributed by atoms with Crippen molar-refractivity contribution in [1.82, 2.24) is 14.7 Å². The maximum absolute atomic E-state index is 13.6. The number of aryl methyl sites for hydroxylation is 1. The standard InChI is InChI=1S/C14H13F4N3O/c1-20(7-9-5-3-4-6-11(9)15)13(22)10-8-21(2)19-12(10)14(16,17)18/h3-6,8H,7H2,1-2H3. The predicted octanol–water partition coefficient (Wildman–Crippen LogP) is 2.85. The molecule has 0 spiro atoms. The zero-order valence-electron chi connectivity index (χ0n) is 11.9. The largest absolute Gasteiger partial charge is 0.435 e. The van der Waals surface area contributed by atoms with Crippen molar-refractivity contribution < 1.29 is 22.4 Å². The van der Waals surface area contributed by atoms with Crippen LogP contribution >= 0.6 is 0 Å². The molecule has 22 heavy (non-hydrogen) atoms. The van der Waals surface area contributed by atoms with E-state index in [1.807, 2.05) is 0 Å². The molecule has 0 radical (unpaired) electrons. The van der Waals surface area contributed by atoms with Gasteiger partial charge in [0.2, 0.25) is 0 Å². The zero-order valence-corrected chi connectivity index (χ0v) is 11.9. The normalized spacial score (nSPS) is 11.5. The first-order valence-corrected chi connectivity index (χ1v) is 6.30. The van der Waals surface area contributed by atoms with Crippen molar-refractivity contribution in [1.29, 1.82) is 0 Å². The van der Waals surface area contributed by atoms with Crippen LogP contribution in [-0.2, 0) is 19.8 Å². The van der Waals surface area contributed by atoms with E-state index in [0.29, 0.717) is 0 Å². The van der Waals surface area contributed by atoms with Crippen molar-refractivity contribution >= 4 is 5.91 Å². The summed E-state index contributed by atoms with van der Waals surface area (Å²) in [6.45, 7) is -0.141. The van der Waals surface area contributed by atoms with Gasteiger partial charge in [0.15, 0.2) is 5.69 Å². The summed E-state index contributed by atoms with van der Waals surface area (Å²) in [6, 6.07) is 5.76. The van der Waals surface area contributed by atoms with E-state index in [9.17, 15) is 22.4 Å². The molecule has 2 aromatic rings. The Morgan fingerprint density at radius 3 is 2.55 bits per heavy atom. The number of alkyl halides is 3. The minimum Gasteiger partial charge on any atom is -0.337 e. The van der Waals surface area contributed by atoms with Gasteiger partial charge in [0.25, 0.3) is 5.91 Å². The van der Waals surface area contributed by atoms with Gasteiger partial charge in [0.05, 0.1) is 5.56 Å². The lowest BCUT2D eigenvalue weighted by molar-refractivity contribution is -0.141. The molecule has 0 aliphatic heterocycles. The van der Waals surface area contributed by atoms with Crippen molar-refractivity contribution in [3.05, 3.63) is 53.1 Å². The van der Waals surface area contributed by atoms with Crippen molar-refractivity contribution in [3.8, 4) is 0 Å². The molecule has 118 valence electrons. The van der Waals surface area contributed by atoms with E-state index >= 15 is 0 Å². The molecule has 0 atom stereocenters. The molecule has 4 nitrogen and oxygen atoms in total. The summed E-state index contributed by atoms with van der Waals surface area (Å²) in [5.41, 5.74) is -1.59. The van der Waals surface area contributed by atoms with Gasteiger partial charge in [0, 0.05) is 32.4 Å². The van der Waals surface area contributed by atoms with Crippen molar-refractivity contribution in [2.24, 2.45) is 7.05 Å². The number of nitrogens with zero attached hydrogens (tertiary/aromatic N) is 3. The first-order valence-electron chi connectivity index (χ1n) is 6.30. The summed E-state index contributed by atoms with van der Waals surface area (Å²) in [5.74, 6) is -1.40. The second-order valence-electron chi connectivity index (χ2n) is 4.82. The molecule has 0 fully saturated rings. The van der Waals surface area contributed by atoms with Crippen molar-refractivity contribution in [2.75, 3.05) is 7.05 Å². The number of aromatic nitrogens is 2. The molecule has 0 bridgehead atoms. The van der Waals surface area contributed by atoms with Crippen LogP contribution in [0.2, 0.25) is 0 Å². The number of hydrogen-bond donors (Lipinski definition) is 0. The molecule has 1 heterocycles. The molecular formula is C14H13F4N3O. The smallest absolute Gasteiger partial charge is 0.337 e. The van der Waals surface area contributed by atoms with Gasteiger partial charge in [0.1, 0.15) is 5.82 Å². The Morgan fingerprint density at radius 1 is 1.32 bits per heavy atom. The van der Waals surface area contributed by atoms with Crippen molar-refractivity contribution in [3.63, 3.8) is 0 Å². The highest BCUT2D eigenvalue weighted by atomic mass is 19.4. The molecule has 8 heteroatoms. The fourth-order valence-electron chi connectivity index (χ4n) is 2.01. The van der Waals surface area contributed by atoms with Crippen LogP contribution in [0.1, 0.15) is 21.6 Å². The Balaban J connectivity index is 2.27. The van der Waals surface area contributed by atoms with Gasteiger partial charge in [-0.25, -0.2) is 4.39 Å². The lowest BCUT2D eigenvalue weighted by atomic mass is 10.1. The molecule has 0 aliphatic carbocycles. The van der Waals surface area contributed by atoms with Gasteiger partial charge in [-0.2, -0.15) is 18.3 Å². The van der Waals surface area contributed by atoms with E-state index in [1.165, 1.54) is 32.3 Å². The van der Waals surface area contributed by atoms with Crippen LogP contribution in [0.15, 0.2) is 30.5 Å². The summed E-state index contributed by atoms with van der Waals surface area (Å²) < 4.78 is 53.1. The SMILES string of the molecule is CN(Cc1ccccc1F)C(=O)c1cn(C)nc1C(F)(F)F. The maximum atomic E-state index is 13.6. The van der Waals surface area contributed by atoms with E-state index in [-0.39, 0.29) is 12.1 Å². The Labute approximate surface area is 124 Å². The monoisotopic (exact) mass is 315 g/mol. The minimum absolute atomic E-state index is 0.141. The van der Waals surface area contributed by atoms with Gasteiger partial charge in [-0.1, -0.05) is 18.2 Å². The van der Waals surface area contributed by atoms with Crippen LogP contribution in [0.5, 0.6) is 0 Å². The van der Waals surface area contributed by atoms with Gasteiger partial charge in [-0.15, -0.1) is 0 Å². The molecule has 2 rings (SSSR count). The average Bonchev–Trinajstić information content (AvgIpc) is 2.82. The summed E-state index contributed by atoms with van der Waals surface area (Å²) in [6.07, 6.45) is -3.73. The van der Waals surface area contributed by atoms with E-state index in [4.69, 9.17) is 0 Å². The second-order valence-corrected chi connectivity index (χ2v) is 4.82. The summed E-state index contributed by atoms with van der Waals surface area (Å²) in [7, 11) is 2.60.